The number of carbonyl (C=O) groups is 1. The van der Waals surface area contributed by atoms with E-state index in [9.17, 15) is 61.0 Å². The topological polar surface area (TPSA) is 307 Å². The molecule has 424 valence electrons. The van der Waals surface area contributed by atoms with Gasteiger partial charge in [-0.3, -0.25) is 4.79 Å². The van der Waals surface area contributed by atoms with Gasteiger partial charge in [-0.05, 0) is 19.3 Å². The molecule has 3 saturated heterocycles. The fraction of sp³-hybridized carbons (Fsp3) is 0.943. The maximum Gasteiger partial charge on any atom is 0.220 e. The summed E-state index contributed by atoms with van der Waals surface area (Å²) in [4.78, 5) is 13.3. The zero-order chi connectivity index (χ0) is 52.7. The number of aliphatic hydroxyl groups excluding tert-OH is 11. The first-order valence-electron chi connectivity index (χ1n) is 27.9. The van der Waals surface area contributed by atoms with Crippen molar-refractivity contribution in [2.45, 2.75) is 291 Å². The predicted octanol–water partition coefficient (Wildman–Crippen LogP) is 3.43. The van der Waals surface area contributed by atoms with Gasteiger partial charge in [-0.2, -0.15) is 0 Å². The highest BCUT2D eigenvalue weighted by Gasteiger charge is 2.53. The van der Waals surface area contributed by atoms with Crippen LogP contribution in [0.5, 0.6) is 0 Å². The molecule has 19 heteroatoms. The summed E-state index contributed by atoms with van der Waals surface area (Å²) in [5, 5.41) is 120. The lowest BCUT2D eigenvalue weighted by Crippen LogP contribution is -2.66. The quantitative estimate of drug-likeness (QED) is 0.0309. The van der Waals surface area contributed by atoms with Crippen LogP contribution in [0.25, 0.3) is 0 Å². The molecular weight excluding hydrogens is 939 g/mol. The van der Waals surface area contributed by atoms with Crippen molar-refractivity contribution in [3.63, 3.8) is 0 Å². The van der Waals surface area contributed by atoms with Gasteiger partial charge in [-0.25, -0.2) is 0 Å². The third-order valence-corrected chi connectivity index (χ3v) is 14.3. The molecule has 0 bridgehead atoms. The Balaban J connectivity index is 1.54. The second kappa shape index (κ2) is 38.1. The molecule has 0 saturated carbocycles. The van der Waals surface area contributed by atoms with Gasteiger partial charge >= 0.3 is 0 Å². The lowest BCUT2D eigenvalue weighted by Gasteiger charge is -2.48. The third-order valence-electron chi connectivity index (χ3n) is 14.3. The summed E-state index contributed by atoms with van der Waals surface area (Å²) in [6.45, 7) is 1.70. The van der Waals surface area contributed by atoms with E-state index in [-0.39, 0.29) is 18.9 Å². The fourth-order valence-electron chi connectivity index (χ4n) is 9.66. The molecule has 3 aliphatic heterocycles. The molecule has 3 rings (SSSR count). The van der Waals surface area contributed by atoms with E-state index in [4.69, 9.17) is 28.4 Å². The number of aliphatic hydroxyl groups is 11. The van der Waals surface area contributed by atoms with Crippen molar-refractivity contribution in [3.8, 4) is 0 Å². The summed E-state index contributed by atoms with van der Waals surface area (Å²) < 4.78 is 34.2. The van der Waals surface area contributed by atoms with Gasteiger partial charge in [0.1, 0.15) is 73.2 Å². The van der Waals surface area contributed by atoms with Crippen LogP contribution in [0.1, 0.15) is 187 Å². The minimum absolute atomic E-state index is 0.248. The van der Waals surface area contributed by atoms with Crippen molar-refractivity contribution in [1.82, 2.24) is 5.32 Å². The van der Waals surface area contributed by atoms with Gasteiger partial charge in [0.15, 0.2) is 18.9 Å². The number of amides is 1. The average molecular weight is 1040 g/mol. The lowest BCUT2D eigenvalue weighted by atomic mass is 9.96. The molecule has 3 fully saturated rings. The fourth-order valence-corrected chi connectivity index (χ4v) is 9.66. The summed E-state index contributed by atoms with van der Waals surface area (Å²) in [7, 11) is 0. The van der Waals surface area contributed by atoms with Crippen molar-refractivity contribution in [3.05, 3.63) is 12.2 Å². The highest BCUT2D eigenvalue weighted by molar-refractivity contribution is 5.76. The molecule has 3 aliphatic rings. The molecule has 3 heterocycles. The number of nitrogens with one attached hydrogen (secondary N) is 1. The molecule has 17 unspecified atom stereocenters. The van der Waals surface area contributed by atoms with E-state index in [1.165, 1.54) is 116 Å². The van der Waals surface area contributed by atoms with Crippen LogP contribution in [-0.2, 0) is 33.2 Å². The summed E-state index contributed by atoms with van der Waals surface area (Å²) >= 11 is 0. The maximum atomic E-state index is 13.3. The standard InChI is InChI=1S/C53H99NO18/c1-3-5-7-9-11-13-15-17-19-21-23-25-27-29-31-41(59)54-36(37(58)30-28-26-24-22-20-18-16-14-12-10-8-6-4-2)35-67-51-47(65)44(62)49(39(33-56)69-51)72-53-48(66)45(63)50(40(34-57)70-53)71-52-46(64)43(61)42(60)38(32-55)68-52/h28,30,36-40,42-53,55-58,60-66H,3-27,29,31-35H2,1-2H3,(H,54,59)/b30-28+. The van der Waals surface area contributed by atoms with Crippen molar-refractivity contribution in [2.75, 3.05) is 26.4 Å². The second-order valence-corrected chi connectivity index (χ2v) is 20.4. The zero-order valence-electron chi connectivity index (χ0n) is 43.7. The van der Waals surface area contributed by atoms with E-state index in [1.807, 2.05) is 6.08 Å². The zero-order valence-corrected chi connectivity index (χ0v) is 43.7. The number of carbonyl (C=O) groups excluding carboxylic acids is 1. The first-order chi connectivity index (χ1) is 34.8. The number of allylic oxidation sites excluding steroid dienone is 1. The van der Waals surface area contributed by atoms with Gasteiger partial charge in [0.05, 0.1) is 38.6 Å². The molecule has 72 heavy (non-hydrogen) atoms. The highest BCUT2D eigenvalue weighted by atomic mass is 16.8. The third kappa shape index (κ3) is 23.0. The Kier molecular flexibility index (Phi) is 34.3. The highest BCUT2D eigenvalue weighted by Crippen LogP contribution is 2.33. The van der Waals surface area contributed by atoms with Gasteiger partial charge in [0.2, 0.25) is 5.91 Å². The SMILES string of the molecule is CCCCCCCCCCCCC/C=C/C(O)C(COC1OC(CO)C(OC2OC(CO)C(OC3OC(CO)C(O)C(O)C3O)C(O)C2O)C(O)C1O)NC(=O)CCCCCCCCCCCCCCCC. The van der Waals surface area contributed by atoms with Gasteiger partial charge in [-0.15, -0.1) is 0 Å². The van der Waals surface area contributed by atoms with Gasteiger partial charge in [0, 0.05) is 6.42 Å². The molecule has 1 amide bonds. The molecule has 0 aliphatic carbocycles. The molecule has 0 spiro atoms. The molecule has 19 nitrogen and oxygen atoms in total. The number of unbranched alkanes of at least 4 members (excludes halogenated alkanes) is 24. The summed E-state index contributed by atoms with van der Waals surface area (Å²) in [6.07, 6.45) is 7.71. The molecule has 0 aromatic rings. The predicted molar refractivity (Wildman–Crippen MR) is 268 cm³/mol. The van der Waals surface area contributed by atoms with Crippen LogP contribution < -0.4 is 5.32 Å². The van der Waals surface area contributed by atoms with Crippen LogP contribution in [0.3, 0.4) is 0 Å². The first kappa shape index (κ1) is 64.8. The Labute approximate surface area is 429 Å². The van der Waals surface area contributed by atoms with Crippen molar-refractivity contribution < 1.29 is 89.4 Å². The number of ether oxygens (including phenoxy) is 6. The van der Waals surface area contributed by atoms with Crippen molar-refractivity contribution in [1.29, 1.82) is 0 Å². The van der Waals surface area contributed by atoms with Gasteiger partial charge in [0.25, 0.3) is 0 Å². The van der Waals surface area contributed by atoms with E-state index >= 15 is 0 Å². The van der Waals surface area contributed by atoms with E-state index in [0.29, 0.717) is 6.42 Å². The van der Waals surface area contributed by atoms with Crippen LogP contribution in [0.2, 0.25) is 0 Å². The minimum Gasteiger partial charge on any atom is -0.394 e. The van der Waals surface area contributed by atoms with Crippen molar-refractivity contribution in [2.24, 2.45) is 0 Å². The maximum absolute atomic E-state index is 13.3. The molecule has 12 N–H and O–H groups in total. The summed E-state index contributed by atoms with van der Waals surface area (Å²) in [6, 6.07) is -0.965. The lowest BCUT2D eigenvalue weighted by molar-refractivity contribution is -0.379. The summed E-state index contributed by atoms with van der Waals surface area (Å²) in [5.41, 5.74) is 0. The van der Waals surface area contributed by atoms with Crippen LogP contribution in [-0.4, -0.2) is 193 Å². The van der Waals surface area contributed by atoms with Crippen LogP contribution in [0, 0.1) is 0 Å². The Morgan fingerprint density at radius 1 is 0.486 bits per heavy atom. The number of hydrogen-bond acceptors (Lipinski definition) is 18. The number of rotatable bonds is 40. The van der Waals surface area contributed by atoms with E-state index in [1.54, 1.807) is 6.08 Å². The molecular formula is C53H99NO18. The normalized spacial score (nSPS) is 32.0. The number of hydrogen-bond donors (Lipinski definition) is 12. The van der Waals surface area contributed by atoms with Crippen LogP contribution >= 0.6 is 0 Å². The Morgan fingerprint density at radius 3 is 1.31 bits per heavy atom. The Hall–Kier alpha value is -1.47. The van der Waals surface area contributed by atoms with Gasteiger partial charge < -0.3 is 89.9 Å². The van der Waals surface area contributed by atoms with E-state index < -0.39 is 124 Å². The van der Waals surface area contributed by atoms with Crippen molar-refractivity contribution >= 4 is 5.91 Å². The van der Waals surface area contributed by atoms with Gasteiger partial charge in [-0.1, -0.05) is 174 Å². The molecule has 17 atom stereocenters. The smallest absolute Gasteiger partial charge is 0.220 e. The summed E-state index contributed by atoms with van der Waals surface area (Å²) in [5.74, 6) is -0.276. The second-order valence-electron chi connectivity index (χ2n) is 20.4. The minimum atomic E-state index is -1.97. The Bertz CT molecular complexity index is 1380. The molecule has 0 radical (unpaired) electrons. The van der Waals surface area contributed by atoms with Crippen LogP contribution in [0.4, 0.5) is 0 Å². The average Bonchev–Trinajstić information content (AvgIpc) is 3.37. The van der Waals surface area contributed by atoms with E-state index in [2.05, 4.69) is 19.2 Å². The first-order valence-corrected chi connectivity index (χ1v) is 27.9. The largest absolute Gasteiger partial charge is 0.394 e. The van der Waals surface area contributed by atoms with Crippen LogP contribution in [0.15, 0.2) is 12.2 Å². The molecule has 0 aromatic heterocycles. The van der Waals surface area contributed by atoms with E-state index in [0.717, 1.165) is 44.9 Å². The Morgan fingerprint density at radius 2 is 0.861 bits per heavy atom. The monoisotopic (exact) mass is 1040 g/mol. The molecule has 0 aromatic carbocycles.